The number of rotatable bonds is 6. The van der Waals surface area contributed by atoms with Gasteiger partial charge in [-0.05, 0) is 43.5 Å². The predicted molar refractivity (Wildman–Crippen MR) is 100 cm³/mol. The van der Waals surface area contributed by atoms with E-state index in [0.29, 0.717) is 12.2 Å². The van der Waals surface area contributed by atoms with Crippen molar-refractivity contribution in [2.75, 3.05) is 13.1 Å². The first kappa shape index (κ1) is 18.0. The quantitative estimate of drug-likeness (QED) is 0.813. The molecule has 5 heteroatoms. The lowest BCUT2D eigenvalue weighted by Gasteiger charge is -2.23. The van der Waals surface area contributed by atoms with Gasteiger partial charge in [0.05, 0.1) is 0 Å². The third-order valence-corrected chi connectivity index (χ3v) is 4.48. The number of benzene rings is 1. The smallest absolute Gasteiger partial charge is 0.245 e. The van der Waals surface area contributed by atoms with Crippen LogP contribution in [0, 0.1) is 6.92 Å². The number of nitrogens with zero attached hydrogens (tertiary/aromatic N) is 1. The van der Waals surface area contributed by atoms with Gasteiger partial charge in [0.15, 0.2) is 0 Å². The fraction of sp³-hybridized carbons (Fsp3) is 0.333. The summed E-state index contributed by atoms with van der Waals surface area (Å²) in [5.41, 5.74) is 1.02. The summed E-state index contributed by atoms with van der Waals surface area (Å²) in [6, 6.07) is 12.8. The summed E-state index contributed by atoms with van der Waals surface area (Å²) in [4.78, 5) is 27.0. The number of carbonyl (C=O) groups excluding carboxylic acids is 2. The van der Waals surface area contributed by atoms with Crippen LogP contribution in [0.1, 0.15) is 29.9 Å². The molecule has 1 aromatic heterocycles. The molecule has 1 N–H and O–H groups in total. The van der Waals surface area contributed by atoms with Gasteiger partial charge in [0, 0.05) is 25.6 Å². The Kier molecular flexibility index (Phi) is 5.89. The van der Waals surface area contributed by atoms with Gasteiger partial charge in [-0.1, -0.05) is 30.3 Å². The molecule has 1 aliphatic heterocycles. The first-order valence-corrected chi connectivity index (χ1v) is 8.99. The van der Waals surface area contributed by atoms with Crippen molar-refractivity contribution in [1.29, 1.82) is 0 Å². The van der Waals surface area contributed by atoms with Crippen molar-refractivity contribution in [2.45, 2.75) is 32.2 Å². The van der Waals surface area contributed by atoms with Gasteiger partial charge in [-0.2, -0.15) is 0 Å². The molecule has 2 aromatic rings. The topological polar surface area (TPSA) is 62.6 Å². The lowest BCUT2D eigenvalue weighted by atomic mass is 10.0. The van der Waals surface area contributed by atoms with Crippen LogP contribution >= 0.6 is 0 Å². The zero-order valence-electron chi connectivity index (χ0n) is 15.0. The maximum atomic E-state index is 12.8. The minimum absolute atomic E-state index is 0.0121. The van der Waals surface area contributed by atoms with E-state index < -0.39 is 6.04 Å². The zero-order chi connectivity index (χ0) is 18.4. The van der Waals surface area contributed by atoms with Crippen LogP contribution in [0.4, 0.5) is 0 Å². The number of hydrogen-bond donors (Lipinski definition) is 1. The second-order valence-corrected chi connectivity index (χ2v) is 6.57. The van der Waals surface area contributed by atoms with Gasteiger partial charge < -0.3 is 14.6 Å². The summed E-state index contributed by atoms with van der Waals surface area (Å²) in [6.07, 6.45) is 5.55. The molecule has 1 aromatic carbocycles. The molecule has 3 rings (SSSR count). The Morgan fingerprint density at radius 3 is 2.54 bits per heavy atom. The minimum atomic E-state index is -0.564. The van der Waals surface area contributed by atoms with Crippen LogP contribution in [-0.2, 0) is 16.0 Å². The van der Waals surface area contributed by atoms with Crippen molar-refractivity contribution in [1.82, 2.24) is 10.2 Å². The molecular formula is C21H24N2O3. The van der Waals surface area contributed by atoms with Crippen LogP contribution in [0.2, 0.25) is 0 Å². The average Bonchev–Trinajstić information content (AvgIpc) is 3.31. The van der Waals surface area contributed by atoms with E-state index >= 15 is 0 Å². The monoisotopic (exact) mass is 352 g/mol. The Labute approximate surface area is 153 Å². The second kappa shape index (κ2) is 8.52. The van der Waals surface area contributed by atoms with Crippen LogP contribution in [0.3, 0.4) is 0 Å². The van der Waals surface area contributed by atoms with E-state index in [-0.39, 0.29) is 11.8 Å². The Bertz CT molecular complexity index is 774. The molecular weight excluding hydrogens is 328 g/mol. The van der Waals surface area contributed by atoms with Crippen molar-refractivity contribution in [3.63, 3.8) is 0 Å². The van der Waals surface area contributed by atoms with Crippen molar-refractivity contribution < 1.29 is 14.0 Å². The van der Waals surface area contributed by atoms with E-state index in [0.717, 1.165) is 37.3 Å². The standard InChI is InChI=1S/C21H24N2O3/c1-16-9-10-18(26-16)11-12-20(24)22-19(15-17-7-3-2-4-8-17)21(25)23-13-5-6-14-23/h2-4,7-12,19H,5-6,13-15H2,1H3,(H,22,24)/b12-11+. The fourth-order valence-corrected chi connectivity index (χ4v) is 3.13. The number of nitrogens with one attached hydrogen (secondary N) is 1. The molecule has 0 bridgehead atoms. The molecule has 0 spiro atoms. The summed E-state index contributed by atoms with van der Waals surface area (Å²) in [5.74, 6) is 1.09. The van der Waals surface area contributed by atoms with Gasteiger partial charge >= 0.3 is 0 Å². The Morgan fingerprint density at radius 1 is 1.15 bits per heavy atom. The van der Waals surface area contributed by atoms with Gasteiger partial charge in [0.2, 0.25) is 11.8 Å². The molecule has 2 heterocycles. The van der Waals surface area contributed by atoms with Crippen LogP contribution in [0.15, 0.2) is 53.0 Å². The zero-order valence-corrected chi connectivity index (χ0v) is 15.0. The van der Waals surface area contributed by atoms with Gasteiger partial charge in [-0.15, -0.1) is 0 Å². The highest BCUT2D eigenvalue weighted by atomic mass is 16.3. The number of carbonyl (C=O) groups is 2. The summed E-state index contributed by atoms with van der Waals surface area (Å²) in [6.45, 7) is 3.38. The third-order valence-electron chi connectivity index (χ3n) is 4.48. The molecule has 5 nitrogen and oxygen atoms in total. The molecule has 26 heavy (non-hydrogen) atoms. The van der Waals surface area contributed by atoms with Crippen LogP contribution in [0.25, 0.3) is 6.08 Å². The van der Waals surface area contributed by atoms with E-state index in [1.165, 1.54) is 6.08 Å². The summed E-state index contributed by atoms with van der Waals surface area (Å²) < 4.78 is 5.42. The molecule has 1 saturated heterocycles. The predicted octanol–water partition coefficient (Wildman–Crippen LogP) is 2.95. The molecule has 2 amide bonds. The molecule has 1 fully saturated rings. The summed E-state index contributed by atoms with van der Waals surface area (Å²) >= 11 is 0. The first-order valence-electron chi connectivity index (χ1n) is 8.99. The van der Waals surface area contributed by atoms with E-state index in [1.54, 1.807) is 12.1 Å². The van der Waals surface area contributed by atoms with E-state index in [9.17, 15) is 9.59 Å². The van der Waals surface area contributed by atoms with Gasteiger partial charge in [-0.25, -0.2) is 0 Å². The molecule has 1 unspecified atom stereocenters. The van der Waals surface area contributed by atoms with E-state index in [4.69, 9.17) is 4.42 Å². The molecule has 1 aliphatic rings. The second-order valence-electron chi connectivity index (χ2n) is 6.57. The van der Waals surface area contributed by atoms with Crippen LogP contribution < -0.4 is 5.32 Å². The number of furan rings is 1. The van der Waals surface area contributed by atoms with Crippen molar-refractivity contribution >= 4 is 17.9 Å². The number of hydrogen-bond acceptors (Lipinski definition) is 3. The van der Waals surface area contributed by atoms with Gasteiger partial charge in [0.25, 0.3) is 0 Å². The van der Waals surface area contributed by atoms with Crippen LogP contribution in [0.5, 0.6) is 0 Å². The maximum Gasteiger partial charge on any atom is 0.245 e. The highest BCUT2D eigenvalue weighted by Gasteiger charge is 2.27. The lowest BCUT2D eigenvalue weighted by molar-refractivity contribution is -0.134. The van der Waals surface area contributed by atoms with E-state index in [1.807, 2.05) is 48.2 Å². The van der Waals surface area contributed by atoms with Crippen molar-refractivity contribution in [3.05, 3.63) is 65.6 Å². The maximum absolute atomic E-state index is 12.8. The largest absolute Gasteiger partial charge is 0.462 e. The SMILES string of the molecule is Cc1ccc(/C=C/C(=O)NC(Cc2ccccc2)C(=O)N2CCCC2)o1. The molecule has 0 aliphatic carbocycles. The third kappa shape index (κ3) is 4.85. The van der Waals surface area contributed by atoms with Crippen LogP contribution in [-0.4, -0.2) is 35.8 Å². The first-order chi connectivity index (χ1) is 12.6. The van der Waals surface area contributed by atoms with E-state index in [2.05, 4.69) is 5.32 Å². The Hall–Kier alpha value is -2.82. The van der Waals surface area contributed by atoms with Gasteiger partial charge in [-0.3, -0.25) is 9.59 Å². The fourth-order valence-electron chi connectivity index (χ4n) is 3.13. The van der Waals surface area contributed by atoms with Crippen molar-refractivity contribution in [2.24, 2.45) is 0 Å². The Balaban J connectivity index is 1.68. The molecule has 0 radical (unpaired) electrons. The molecule has 136 valence electrons. The average molecular weight is 352 g/mol. The van der Waals surface area contributed by atoms with Crippen molar-refractivity contribution in [3.8, 4) is 0 Å². The number of likely N-dealkylation sites (tertiary alicyclic amines) is 1. The van der Waals surface area contributed by atoms with Gasteiger partial charge in [0.1, 0.15) is 17.6 Å². The lowest BCUT2D eigenvalue weighted by Crippen LogP contribution is -2.48. The highest BCUT2D eigenvalue weighted by Crippen LogP contribution is 2.13. The molecule has 0 saturated carbocycles. The Morgan fingerprint density at radius 2 is 1.88 bits per heavy atom. The summed E-state index contributed by atoms with van der Waals surface area (Å²) in [5, 5.41) is 2.86. The summed E-state index contributed by atoms with van der Waals surface area (Å²) in [7, 11) is 0. The number of aryl methyl sites for hydroxylation is 1. The highest BCUT2D eigenvalue weighted by molar-refractivity contribution is 5.95. The number of amides is 2. The normalized spacial score (nSPS) is 15.3. The molecule has 1 atom stereocenters. The minimum Gasteiger partial charge on any atom is -0.462 e.